The lowest BCUT2D eigenvalue weighted by Crippen LogP contribution is -1.96. The first-order valence-electron chi connectivity index (χ1n) is 8.39. The van der Waals surface area contributed by atoms with Crippen molar-refractivity contribution in [3.05, 3.63) is 28.8 Å². The molecule has 1 unspecified atom stereocenters. The van der Waals surface area contributed by atoms with E-state index < -0.39 is 0 Å². The molecule has 120 valence electrons. The van der Waals surface area contributed by atoms with Crippen LogP contribution in [-0.4, -0.2) is 7.11 Å². The van der Waals surface area contributed by atoms with Crippen LogP contribution in [0.15, 0.2) is 12.1 Å². The SMILES string of the molecule is CCCCCCCCCC(Br)c1cc(C)c(OC)c(C)c1. The minimum absolute atomic E-state index is 0.469. The summed E-state index contributed by atoms with van der Waals surface area (Å²) in [6.07, 6.45) is 10.8. The molecule has 1 aromatic carbocycles. The van der Waals surface area contributed by atoms with E-state index in [0.29, 0.717) is 4.83 Å². The van der Waals surface area contributed by atoms with E-state index in [-0.39, 0.29) is 0 Å². The van der Waals surface area contributed by atoms with Crippen molar-refractivity contribution in [3.63, 3.8) is 0 Å². The number of hydrogen-bond acceptors (Lipinski definition) is 1. The van der Waals surface area contributed by atoms with Gasteiger partial charge in [-0.05, 0) is 37.0 Å². The van der Waals surface area contributed by atoms with Gasteiger partial charge in [-0.2, -0.15) is 0 Å². The largest absolute Gasteiger partial charge is 0.496 e. The van der Waals surface area contributed by atoms with Gasteiger partial charge in [0, 0.05) is 4.83 Å². The number of halogens is 1. The molecule has 0 saturated carbocycles. The van der Waals surface area contributed by atoms with Gasteiger partial charge in [0.15, 0.2) is 0 Å². The van der Waals surface area contributed by atoms with Crippen LogP contribution in [-0.2, 0) is 0 Å². The predicted octanol–water partition coefficient (Wildman–Crippen LogP) is 6.89. The van der Waals surface area contributed by atoms with Crippen LogP contribution in [0, 0.1) is 13.8 Å². The van der Waals surface area contributed by atoms with Crippen molar-refractivity contribution in [2.24, 2.45) is 0 Å². The monoisotopic (exact) mass is 354 g/mol. The second-order valence-corrected chi connectivity index (χ2v) is 7.17. The van der Waals surface area contributed by atoms with Crippen molar-refractivity contribution in [1.82, 2.24) is 0 Å². The summed E-state index contributed by atoms with van der Waals surface area (Å²) in [6, 6.07) is 4.51. The second kappa shape index (κ2) is 10.3. The molecule has 2 heteroatoms. The van der Waals surface area contributed by atoms with E-state index in [1.54, 1.807) is 7.11 Å². The van der Waals surface area contributed by atoms with Gasteiger partial charge in [-0.1, -0.05) is 79.9 Å². The fraction of sp³-hybridized carbons (Fsp3) is 0.684. The first-order chi connectivity index (χ1) is 10.1. The summed E-state index contributed by atoms with van der Waals surface area (Å²) >= 11 is 3.85. The van der Waals surface area contributed by atoms with E-state index in [4.69, 9.17) is 4.74 Å². The van der Waals surface area contributed by atoms with Crippen molar-refractivity contribution in [1.29, 1.82) is 0 Å². The standard InChI is InChI=1S/C19H31BrO/c1-5-6-7-8-9-10-11-12-18(20)17-13-15(2)19(21-4)16(3)14-17/h13-14,18H,5-12H2,1-4H3. The molecule has 0 radical (unpaired) electrons. The normalized spacial score (nSPS) is 12.4. The number of hydrogen-bond donors (Lipinski definition) is 0. The lowest BCUT2D eigenvalue weighted by Gasteiger charge is -2.15. The van der Waals surface area contributed by atoms with Crippen LogP contribution in [0.2, 0.25) is 0 Å². The summed E-state index contributed by atoms with van der Waals surface area (Å²) in [5, 5.41) is 0. The first-order valence-corrected chi connectivity index (χ1v) is 9.30. The number of benzene rings is 1. The number of aryl methyl sites for hydroxylation is 2. The molecule has 0 heterocycles. The predicted molar refractivity (Wildman–Crippen MR) is 96.7 cm³/mol. The molecule has 1 rings (SSSR count). The Hall–Kier alpha value is -0.500. The van der Waals surface area contributed by atoms with Crippen molar-refractivity contribution < 1.29 is 4.74 Å². The van der Waals surface area contributed by atoms with Crippen LogP contribution in [0.25, 0.3) is 0 Å². The lowest BCUT2D eigenvalue weighted by molar-refractivity contribution is 0.408. The number of methoxy groups -OCH3 is 1. The second-order valence-electron chi connectivity index (χ2n) is 6.07. The molecular weight excluding hydrogens is 324 g/mol. The third-order valence-corrected chi connectivity index (χ3v) is 5.10. The molecule has 0 amide bonds. The minimum atomic E-state index is 0.469. The first kappa shape index (κ1) is 18.5. The third-order valence-electron chi connectivity index (χ3n) is 4.11. The van der Waals surface area contributed by atoms with Gasteiger partial charge in [0.2, 0.25) is 0 Å². The molecule has 1 aromatic rings. The lowest BCUT2D eigenvalue weighted by atomic mass is 10.00. The summed E-state index contributed by atoms with van der Waals surface area (Å²) in [4.78, 5) is 0.469. The van der Waals surface area contributed by atoms with Crippen LogP contribution in [0.3, 0.4) is 0 Å². The van der Waals surface area contributed by atoms with E-state index >= 15 is 0 Å². The number of alkyl halides is 1. The number of rotatable bonds is 10. The summed E-state index contributed by atoms with van der Waals surface area (Å²) in [6.45, 7) is 6.53. The third kappa shape index (κ3) is 6.42. The molecule has 0 N–H and O–H groups in total. The van der Waals surface area contributed by atoms with Crippen LogP contribution >= 0.6 is 15.9 Å². The minimum Gasteiger partial charge on any atom is -0.496 e. The van der Waals surface area contributed by atoms with Crippen molar-refractivity contribution in [2.75, 3.05) is 7.11 Å². The quantitative estimate of drug-likeness (QED) is 0.328. The highest BCUT2D eigenvalue weighted by atomic mass is 79.9. The van der Waals surface area contributed by atoms with Crippen LogP contribution in [0.4, 0.5) is 0 Å². The maximum absolute atomic E-state index is 5.44. The zero-order valence-corrected chi connectivity index (χ0v) is 15.8. The van der Waals surface area contributed by atoms with E-state index in [1.165, 1.54) is 68.1 Å². The maximum atomic E-state index is 5.44. The van der Waals surface area contributed by atoms with E-state index in [2.05, 4.69) is 48.8 Å². The number of unbranched alkanes of at least 4 members (excludes halogenated alkanes) is 6. The van der Waals surface area contributed by atoms with E-state index in [1.807, 2.05) is 0 Å². The summed E-state index contributed by atoms with van der Waals surface area (Å²) < 4.78 is 5.44. The highest BCUT2D eigenvalue weighted by molar-refractivity contribution is 9.09. The van der Waals surface area contributed by atoms with E-state index in [9.17, 15) is 0 Å². The van der Waals surface area contributed by atoms with Gasteiger partial charge < -0.3 is 4.74 Å². The summed E-state index contributed by atoms with van der Waals surface area (Å²) in [5.41, 5.74) is 3.85. The number of ether oxygens (including phenoxy) is 1. The van der Waals surface area contributed by atoms with Crippen molar-refractivity contribution in [2.45, 2.75) is 77.0 Å². The van der Waals surface area contributed by atoms with Crippen LogP contribution in [0.1, 0.15) is 79.8 Å². The highest BCUT2D eigenvalue weighted by Crippen LogP contribution is 2.33. The van der Waals surface area contributed by atoms with E-state index in [0.717, 1.165) is 5.75 Å². The zero-order chi connectivity index (χ0) is 15.7. The molecule has 0 saturated heterocycles. The molecule has 21 heavy (non-hydrogen) atoms. The maximum Gasteiger partial charge on any atom is 0.124 e. The van der Waals surface area contributed by atoms with Crippen molar-refractivity contribution in [3.8, 4) is 5.75 Å². The van der Waals surface area contributed by atoms with Crippen LogP contribution in [0.5, 0.6) is 5.75 Å². The highest BCUT2D eigenvalue weighted by Gasteiger charge is 2.11. The summed E-state index contributed by atoms with van der Waals surface area (Å²) in [7, 11) is 1.75. The Morgan fingerprint density at radius 1 is 0.952 bits per heavy atom. The van der Waals surface area contributed by atoms with Gasteiger partial charge >= 0.3 is 0 Å². The molecule has 0 aromatic heterocycles. The topological polar surface area (TPSA) is 9.23 Å². The van der Waals surface area contributed by atoms with Crippen molar-refractivity contribution >= 4 is 15.9 Å². The Morgan fingerprint density at radius 2 is 1.48 bits per heavy atom. The van der Waals surface area contributed by atoms with Gasteiger partial charge in [-0.15, -0.1) is 0 Å². The zero-order valence-electron chi connectivity index (χ0n) is 14.2. The molecule has 1 nitrogen and oxygen atoms in total. The fourth-order valence-corrected chi connectivity index (χ4v) is 3.52. The smallest absolute Gasteiger partial charge is 0.124 e. The molecule has 0 aliphatic rings. The van der Waals surface area contributed by atoms with Crippen LogP contribution < -0.4 is 4.74 Å². The molecule has 0 bridgehead atoms. The molecule has 0 aliphatic carbocycles. The Balaban J connectivity index is 2.37. The van der Waals surface area contributed by atoms with Gasteiger partial charge in [-0.3, -0.25) is 0 Å². The van der Waals surface area contributed by atoms with Gasteiger partial charge in [0.05, 0.1) is 7.11 Å². The molecular formula is C19H31BrO. The molecule has 0 aliphatic heterocycles. The molecule has 1 atom stereocenters. The average molecular weight is 355 g/mol. The Morgan fingerprint density at radius 3 is 2.00 bits per heavy atom. The summed E-state index contributed by atoms with van der Waals surface area (Å²) in [5.74, 6) is 1.02. The molecule has 0 fully saturated rings. The Kier molecular flexibility index (Phi) is 9.07. The average Bonchev–Trinajstić information content (AvgIpc) is 2.45. The Bertz CT molecular complexity index is 391. The van der Waals surface area contributed by atoms with Gasteiger partial charge in [0.25, 0.3) is 0 Å². The van der Waals surface area contributed by atoms with Gasteiger partial charge in [-0.25, -0.2) is 0 Å². The van der Waals surface area contributed by atoms with Gasteiger partial charge in [0.1, 0.15) is 5.75 Å². The Labute approximate surface area is 139 Å². The fourth-order valence-electron chi connectivity index (χ4n) is 2.93. The molecule has 0 spiro atoms.